The number of aryl methyl sites for hydroxylation is 1. The van der Waals surface area contributed by atoms with Crippen molar-refractivity contribution in [2.24, 2.45) is 0 Å². The highest BCUT2D eigenvalue weighted by Crippen LogP contribution is 2.22. The Hall–Kier alpha value is -1.42. The minimum atomic E-state index is -0.0569. The second-order valence-corrected chi connectivity index (χ2v) is 5.52. The smallest absolute Gasteiger partial charge is 0.252 e. The van der Waals surface area contributed by atoms with E-state index < -0.39 is 0 Å². The lowest BCUT2D eigenvalue weighted by molar-refractivity contribution is 0.0944. The quantitative estimate of drug-likeness (QED) is 0.923. The highest BCUT2D eigenvalue weighted by molar-refractivity contribution is 9.10. The summed E-state index contributed by atoms with van der Waals surface area (Å²) in [6, 6.07) is 7.72. The lowest BCUT2D eigenvalue weighted by Gasteiger charge is -2.11. The number of nitrogens with one attached hydrogen (secondary N) is 1. The van der Waals surface area contributed by atoms with E-state index in [9.17, 15) is 4.79 Å². The fraction of sp³-hybridized carbons (Fsp3) is 0.286. The summed E-state index contributed by atoms with van der Waals surface area (Å²) in [4.78, 5) is 16.6. The SMILES string of the molecule is Cc1cc(C(=O)NC(C)C)c2cc(Br)ccc2n1. The molecule has 0 bridgehead atoms. The number of hydrogen-bond donors (Lipinski definition) is 1. The third-order valence-corrected chi connectivity index (χ3v) is 3.06. The van der Waals surface area contributed by atoms with Crippen LogP contribution in [-0.4, -0.2) is 16.9 Å². The van der Waals surface area contributed by atoms with Gasteiger partial charge in [-0.1, -0.05) is 15.9 Å². The van der Waals surface area contributed by atoms with Gasteiger partial charge in [0.05, 0.1) is 11.1 Å². The molecule has 2 aromatic rings. The van der Waals surface area contributed by atoms with Gasteiger partial charge >= 0.3 is 0 Å². The molecule has 3 nitrogen and oxygen atoms in total. The lowest BCUT2D eigenvalue weighted by Crippen LogP contribution is -2.30. The molecule has 0 aliphatic heterocycles. The molecule has 94 valence electrons. The lowest BCUT2D eigenvalue weighted by atomic mass is 10.1. The molecule has 0 fully saturated rings. The van der Waals surface area contributed by atoms with E-state index >= 15 is 0 Å². The summed E-state index contributed by atoms with van der Waals surface area (Å²) < 4.78 is 0.944. The van der Waals surface area contributed by atoms with Gasteiger partial charge in [-0.05, 0) is 45.0 Å². The number of aromatic nitrogens is 1. The summed E-state index contributed by atoms with van der Waals surface area (Å²) in [5, 5.41) is 3.78. The molecule has 1 aromatic carbocycles. The zero-order valence-corrected chi connectivity index (χ0v) is 12.2. The fourth-order valence-corrected chi connectivity index (χ4v) is 2.22. The Labute approximate surface area is 115 Å². The average Bonchev–Trinajstić information content (AvgIpc) is 2.27. The molecular weight excluding hydrogens is 292 g/mol. The molecule has 0 aliphatic carbocycles. The first-order valence-corrected chi connectivity index (χ1v) is 6.64. The summed E-state index contributed by atoms with van der Waals surface area (Å²) >= 11 is 3.43. The van der Waals surface area contributed by atoms with Crippen LogP contribution < -0.4 is 5.32 Å². The zero-order chi connectivity index (χ0) is 13.3. The van der Waals surface area contributed by atoms with Crippen molar-refractivity contribution in [2.45, 2.75) is 26.8 Å². The molecule has 0 aliphatic rings. The Balaban J connectivity index is 2.61. The standard InChI is InChI=1S/C14H15BrN2O/c1-8(2)16-14(18)12-6-9(3)17-13-5-4-10(15)7-11(12)13/h4-8H,1-3H3,(H,16,18). The van der Waals surface area contributed by atoms with Crippen LogP contribution in [0.1, 0.15) is 29.9 Å². The van der Waals surface area contributed by atoms with E-state index in [1.807, 2.05) is 45.0 Å². The molecule has 4 heteroatoms. The van der Waals surface area contributed by atoms with E-state index in [1.165, 1.54) is 0 Å². The number of halogens is 1. The van der Waals surface area contributed by atoms with E-state index in [0.29, 0.717) is 5.56 Å². The van der Waals surface area contributed by atoms with Gasteiger partial charge in [-0.15, -0.1) is 0 Å². The molecular formula is C14H15BrN2O. The Morgan fingerprint density at radius 3 is 2.72 bits per heavy atom. The normalized spacial score (nSPS) is 10.9. The Kier molecular flexibility index (Phi) is 3.66. The van der Waals surface area contributed by atoms with Crippen LogP contribution in [0.2, 0.25) is 0 Å². The van der Waals surface area contributed by atoms with Gasteiger partial charge in [0.1, 0.15) is 0 Å². The number of benzene rings is 1. The topological polar surface area (TPSA) is 42.0 Å². The first-order chi connectivity index (χ1) is 8.47. The van der Waals surface area contributed by atoms with E-state index in [-0.39, 0.29) is 11.9 Å². The number of rotatable bonds is 2. The molecule has 1 N–H and O–H groups in total. The van der Waals surface area contributed by atoms with E-state index in [0.717, 1.165) is 21.1 Å². The summed E-state index contributed by atoms with van der Waals surface area (Å²) in [6.07, 6.45) is 0. The van der Waals surface area contributed by atoms with Crippen LogP contribution in [0, 0.1) is 6.92 Å². The number of fused-ring (bicyclic) bond motifs is 1. The van der Waals surface area contributed by atoms with Crippen LogP contribution in [0.5, 0.6) is 0 Å². The van der Waals surface area contributed by atoms with Crippen molar-refractivity contribution in [2.75, 3.05) is 0 Å². The van der Waals surface area contributed by atoms with Crippen molar-refractivity contribution in [1.29, 1.82) is 0 Å². The zero-order valence-electron chi connectivity index (χ0n) is 10.6. The maximum atomic E-state index is 12.2. The second kappa shape index (κ2) is 5.06. The van der Waals surface area contributed by atoms with Gasteiger partial charge in [0, 0.05) is 21.6 Å². The van der Waals surface area contributed by atoms with Crippen molar-refractivity contribution in [3.8, 4) is 0 Å². The predicted octanol–water partition coefficient (Wildman–Crippen LogP) is 3.44. The third-order valence-electron chi connectivity index (χ3n) is 2.56. The highest BCUT2D eigenvalue weighted by atomic mass is 79.9. The number of pyridine rings is 1. The van der Waals surface area contributed by atoms with Crippen molar-refractivity contribution < 1.29 is 4.79 Å². The van der Waals surface area contributed by atoms with Crippen molar-refractivity contribution in [1.82, 2.24) is 10.3 Å². The fourth-order valence-electron chi connectivity index (χ4n) is 1.86. The monoisotopic (exact) mass is 306 g/mol. The van der Waals surface area contributed by atoms with Crippen LogP contribution in [0.4, 0.5) is 0 Å². The number of carbonyl (C=O) groups excluding carboxylic acids is 1. The minimum absolute atomic E-state index is 0.0569. The van der Waals surface area contributed by atoms with E-state index in [2.05, 4.69) is 26.2 Å². The maximum absolute atomic E-state index is 12.2. The summed E-state index contributed by atoms with van der Waals surface area (Å²) in [6.45, 7) is 5.79. The largest absolute Gasteiger partial charge is 0.350 e. The van der Waals surface area contributed by atoms with Gasteiger partial charge in [0.15, 0.2) is 0 Å². The maximum Gasteiger partial charge on any atom is 0.252 e. The van der Waals surface area contributed by atoms with Crippen molar-refractivity contribution in [3.05, 3.63) is 40.0 Å². The summed E-state index contributed by atoms with van der Waals surface area (Å²) in [7, 11) is 0. The highest BCUT2D eigenvalue weighted by Gasteiger charge is 2.13. The van der Waals surface area contributed by atoms with Gasteiger partial charge in [-0.2, -0.15) is 0 Å². The summed E-state index contributed by atoms with van der Waals surface area (Å²) in [5.41, 5.74) is 2.36. The Bertz CT molecular complexity index is 608. The molecule has 18 heavy (non-hydrogen) atoms. The molecule has 0 saturated heterocycles. The molecule has 1 aromatic heterocycles. The van der Waals surface area contributed by atoms with Gasteiger partial charge in [0.25, 0.3) is 5.91 Å². The van der Waals surface area contributed by atoms with Crippen molar-refractivity contribution in [3.63, 3.8) is 0 Å². The Morgan fingerprint density at radius 1 is 1.33 bits per heavy atom. The van der Waals surface area contributed by atoms with Gasteiger partial charge < -0.3 is 5.32 Å². The number of carbonyl (C=O) groups is 1. The van der Waals surface area contributed by atoms with Crippen LogP contribution in [0.15, 0.2) is 28.7 Å². The van der Waals surface area contributed by atoms with Gasteiger partial charge in [-0.25, -0.2) is 0 Å². The van der Waals surface area contributed by atoms with E-state index in [1.54, 1.807) is 0 Å². The van der Waals surface area contributed by atoms with Crippen molar-refractivity contribution >= 4 is 32.7 Å². The molecule has 0 unspecified atom stereocenters. The summed E-state index contributed by atoms with van der Waals surface area (Å²) in [5.74, 6) is -0.0569. The second-order valence-electron chi connectivity index (χ2n) is 4.60. The third kappa shape index (κ3) is 2.70. The van der Waals surface area contributed by atoms with Crippen LogP contribution in [0.3, 0.4) is 0 Å². The first kappa shape index (κ1) is 13.0. The van der Waals surface area contributed by atoms with Crippen LogP contribution >= 0.6 is 15.9 Å². The van der Waals surface area contributed by atoms with Gasteiger partial charge in [-0.3, -0.25) is 9.78 Å². The molecule has 0 radical (unpaired) electrons. The molecule has 1 heterocycles. The number of hydrogen-bond acceptors (Lipinski definition) is 2. The van der Waals surface area contributed by atoms with Crippen LogP contribution in [0.25, 0.3) is 10.9 Å². The molecule has 2 rings (SSSR count). The average molecular weight is 307 g/mol. The number of amides is 1. The molecule has 0 saturated carbocycles. The first-order valence-electron chi connectivity index (χ1n) is 5.85. The molecule has 1 amide bonds. The molecule has 0 spiro atoms. The minimum Gasteiger partial charge on any atom is -0.350 e. The van der Waals surface area contributed by atoms with E-state index in [4.69, 9.17) is 0 Å². The number of nitrogens with zero attached hydrogens (tertiary/aromatic N) is 1. The Morgan fingerprint density at radius 2 is 2.06 bits per heavy atom. The van der Waals surface area contributed by atoms with Gasteiger partial charge in [0.2, 0.25) is 0 Å². The molecule has 0 atom stereocenters. The predicted molar refractivity (Wildman–Crippen MR) is 76.8 cm³/mol. The van der Waals surface area contributed by atoms with Crippen LogP contribution in [-0.2, 0) is 0 Å².